The van der Waals surface area contributed by atoms with Gasteiger partial charge < -0.3 is 24.6 Å². The number of ether oxygens (including phenoxy) is 2. The molecule has 3 rings (SSSR count). The molecule has 0 spiro atoms. The van der Waals surface area contributed by atoms with Crippen LogP contribution in [0, 0.1) is 11.2 Å². The fraction of sp³-hybridized carbons (Fsp3) is 0.619. The minimum atomic E-state index is -0.848. The van der Waals surface area contributed by atoms with Gasteiger partial charge in [-0.25, -0.2) is 4.39 Å². The average Bonchev–Trinajstić information content (AvgIpc) is 2.69. The Balaban J connectivity index is 1.74. The normalized spacial score (nSPS) is 24.6. The van der Waals surface area contributed by atoms with Crippen molar-refractivity contribution in [2.45, 2.75) is 25.0 Å². The zero-order valence-corrected chi connectivity index (χ0v) is 17.3. The molecule has 2 unspecified atom stereocenters. The lowest BCUT2D eigenvalue weighted by atomic mass is 9.79. The van der Waals surface area contributed by atoms with Crippen LogP contribution in [-0.2, 0) is 19.1 Å². The highest BCUT2D eigenvalue weighted by molar-refractivity contribution is 5.86. The summed E-state index contributed by atoms with van der Waals surface area (Å²) >= 11 is 0. The number of amides is 2. The van der Waals surface area contributed by atoms with Crippen LogP contribution < -0.4 is 5.32 Å². The van der Waals surface area contributed by atoms with E-state index in [2.05, 4.69) is 10.2 Å². The maximum absolute atomic E-state index is 13.4. The molecule has 0 aliphatic carbocycles. The molecule has 2 fully saturated rings. The zero-order valence-electron chi connectivity index (χ0n) is 17.3. The third-order valence-electron chi connectivity index (χ3n) is 5.80. The molecule has 29 heavy (non-hydrogen) atoms. The fourth-order valence-electron chi connectivity index (χ4n) is 4.23. The Morgan fingerprint density at radius 1 is 1.28 bits per heavy atom. The number of hydrogen-bond donors (Lipinski definition) is 1. The molecule has 0 bridgehead atoms. The lowest BCUT2D eigenvalue weighted by Crippen LogP contribution is -2.55. The molecule has 2 heterocycles. The predicted octanol–water partition coefficient (Wildman–Crippen LogP) is 1.20. The second kappa shape index (κ2) is 9.19. The summed E-state index contributed by atoms with van der Waals surface area (Å²) in [6, 6.07) is 5.22. The summed E-state index contributed by atoms with van der Waals surface area (Å²) in [5, 5.41) is 3.06. The van der Waals surface area contributed by atoms with Crippen molar-refractivity contribution in [3.8, 4) is 0 Å². The van der Waals surface area contributed by atoms with Gasteiger partial charge in [-0.15, -0.1) is 0 Å². The first-order valence-electron chi connectivity index (χ1n) is 9.94. The van der Waals surface area contributed by atoms with Crippen molar-refractivity contribution in [3.05, 3.63) is 35.6 Å². The van der Waals surface area contributed by atoms with Crippen LogP contribution in [0.5, 0.6) is 0 Å². The molecule has 1 aromatic carbocycles. The first kappa shape index (κ1) is 21.7. The number of benzene rings is 1. The Bertz CT molecular complexity index is 719. The molecule has 0 aromatic heterocycles. The number of halogens is 1. The van der Waals surface area contributed by atoms with Gasteiger partial charge in [0.2, 0.25) is 5.91 Å². The smallest absolute Gasteiger partial charge is 0.251 e. The number of morpholine rings is 1. The number of likely N-dealkylation sites (N-methyl/N-ethyl adjacent to an activating group) is 1. The predicted molar refractivity (Wildman–Crippen MR) is 106 cm³/mol. The van der Waals surface area contributed by atoms with Crippen LogP contribution >= 0.6 is 0 Å². The molecule has 2 saturated heterocycles. The molecule has 2 aliphatic rings. The van der Waals surface area contributed by atoms with E-state index in [1.807, 2.05) is 14.1 Å². The van der Waals surface area contributed by atoms with E-state index in [0.29, 0.717) is 25.3 Å². The number of carbonyl (C=O) groups is 2. The molecule has 2 aliphatic heterocycles. The summed E-state index contributed by atoms with van der Waals surface area (Å²) < 4.78 is 24.5. The topological polar surface area (TPSA) is 71.1 Å². The largest absolute Gasteiger partial charge is 0.381 e. The van der Waals surface area contributed by atoms with E-state index in [4.69, 9.17) is 9.47 Å². The first-order chi connectivity index (χ1) is 13.8. The molecule has 1 aromatic rings. The quantitative estimate of drug-likeness (QED) is 0.767. The van der Waals surface area contributed by atoms with Gasteiger partial charge in [-0.2, -0.15) is 0 Å². The van der Waals surface area contributed by atoms with Gasteiger partial charge in [-0.1, -0.05) is 12.1 Å². The van der Waals surface area contributed by atoms with E-state index < -0.39 is 12.1 Å². The maximum atomic E-state index is 13.4. The van der Waals surface area contributed by atoms with Crippen LogP contribution in [0.15, 0.2) is 24.3 Å². The Morgan fingerprint density at radius 3 is 2.55 bits per heavy atom. The van der Waals surface area contributed by atoms with Gasteiger partial charge in [0.05, 0.1) is 6.04 Å². The summed E-state index contributed by atoms with van der Waals surface area (Å²) in [5.74, 6) is -0.842. The monoisotopic (exact) mass is 407 g/mol. The number of carbonyl (C=O) groups excluding carboxylic acids is 2. The SMILES string of the molecule is CN(C)CC1(CNC(=O)C2OCC(=O)N(C)C2c2ccc(F)cc2)CCOCC1. The van der Waals surface area contributed by atoms with Crippen molar-refractivity contribution in [2.75, 3.05) is 54.1 Å². The highest BCUT2D eigenvalue weighted by Crippen LogP contribution is 2.32. The Morgan fingerprint density at radius 2 is 1.93 bits per heavy atom. The molecular formula is C21H30FN3O4. The second-order valence-electron chi connectivity index (χ2n) is 8.30. The van der Waals surface area contributed by atoms with Crippen LogP contribution in [0.4, 0.5) is 4.39 Å². The maximum Gasteiger partial charge on any atom is 0.251 e. The number of hydrogen-bond acceptors (Lipinski definition) is 5. The van der Waals surface area contributed by atoms with Gasteiger partial charge in [0.25, 0.3) is 5.91 Å². The lowest BCUT2D eigenvalue weighted by molar-refractivity contribution is -0.162. The van der Waals surface area contributed by atoms with Gasteiger partial charge in [-0.05, 0) is 44.6 Å². The first-order valence-corrected chi connectivity index (χ1v) is 9.94. The molecule has 2 atom stereocenters. The average molecular weight is 407 g/mol. The molecule has 8 heteroatoms. The van der Waals surface area contributed by atoms with Gasteiger partial charge in [0.15, 0.2) is 6.10 Å². The summed E-state index contributed by atoms with van der Waals surface area (Å²) in [6.45, 7) is 2.57. The highest BCUT2D eigenvalue weighted by Gasteiger charge is 2.41. The van der Waals surface area contributed by atoms with Gasteiger partial charge in [0.1, 0.15) is 12.4 Å². The van der Waals surface area contributed by atoms with E-state index in [1.54, 1.807) is 19.2 Å². The lowest BCUT2D eigenvalue weighted by Gasteiger charge is -2.41. The van der Waals surface area contributed by atoms with Crippen molar-refractivity contribution in [2.24, 2.45) is 5.41 Å². The molecule has 160 valence electrons. The van der Waals surface area contributed by atoms with E-state index >= 15 is 0 Å². The van der Waals surface area contributed by atoms with Crippen LogP contribution in [0.2, 0.25) is 0 Å². The van der Waals surface area contributed by atoms with Crippen molar-refractivity contribution < 1.29 is 23.5 Å². The highest BCUT2D eigenvalue weighted by atomic mass is 19.1. The number of rotatable bonds is 6. The summed E-state index contributed by atoms with van der Waals surface area (Å²) in [4.78, 5) is 28.9. The van der Waals surface area contributed by atoms with E-state index in [9.17, 15) is 14.0 Å². The third-order valence-corrected chi connectivity index (χ3v) is 5.80. The van der Waals surface area contributed by atoms with Crippen molar-refractivity contribution in [1.29, 1.82) is 0 Å². The molecule has 7 nitrogen and oxygen atoms in total. The zero-order chi connectivity index (χ0) is 21.0. The van der Waals surface area contributed by atoms with Crippen molar-refractivity contribution in [3.63, 3.8) is 0 Å². The van der Waals surface area contributed by atoms with Crippen LogP contribution in [-0.4, -0.2) is 81.8 Å². The second-order valence-corrected chi connectivity index (χ2v) is 8.30. The van der Waals surface area contributed by atoms with Gasteiger partial charge in [0, 0.05) is 38.8 Å². The minimum absolute atomic E-state index is 0.0564. The van der Waals surface area contributed by atoms with E-state index in [-0.39, 0.29) is 29.7 Å². The third kappa shape index (κ3) is 5.12. The molecule has 0 saturated carbocycles. The van der Waals surface area contributed by atoms with Crippen molar-refractivity contribution >= 4 is 11.8 Å². The fourth-order valence-corrected chi connectivity index (χ4v) is 4.23. The summed E-state index contributed by atoms with van der Waals surface area (Å²) in [7, 11) is 5.69. The van der Waals surface area contributed by atoms with E-state index in [0.717, 1.165) is 19.4 Å². The molecule has 2 amide bonds. The molecule has 0 radical (unpaired) electrons. The summed E-state index contributed by atoms with van der Waals surface area (Å²) in [6.07, 6.45) is 0.896. The Kier molecular flexibility index (Phi) is 6.87. The van der Waals surface area contributed by atoms with Crippen LogP contribution in [0.3, 0.4) is 0 Å². The Hall–Kier alpha value is -2.03. The van der Waals surface area contributed by atoms with Gasteiger partial charge in [-0.3, -0.25) is 9.59 Å². The van der Waals surface area contributed by atoms with Crippen LogP contribution in [0.1, 0.15) is 24.4 Å². The Labute approximate surface area is 171 Å². The minimum Gasteiger partial charge on any atom is -0.381 e. The molecular weight excluding hydrogens is 377 g/mol. The molecule has 1 N–H and O–H groups in total. The summed E-state index contributed by atoms with van der Waals surface area (Å²) in [5.41, 5.74) is 0.607. The van der Waals surface area contributed by atoms with Crippen LogP contribution in [0.25, 0.3) is 0 Å². The number of nitrogens with one attached hydrogen (secondary N) is 1. The van der Waals surface area contributed by atoms with E-state index in [1.165, 1.54) is 17.0 Å². The van der Waals surface area contributed by atoms with Crippen molar-refractivity contribution in [1.82, 2.24) is 15.1 Å². The number of nitrogens with zero attached hydrogens (tertiary/aromatic N) is 2. The van der Waals surface area contributed by atoms with Gasteiger partial charge >= 0.3 is 0 Å². The standard InChI is InChI=1S/C21H30FN3O4/c1-24(2)14-21(8-10-28-11-9-21)13-23-20(27)19-18(25(3)17(26)12-29-19)15-4-6-16(22)7-5-15/h4-7,18-19H,8-14H2,1-3H3,(H,23,27).